The van der Waals surface area contributed by atoms with E-state index in [9.17, 15) is 0 Å². The summed E-state index contributed by atoms with van der Waals surface area (Å²) in [5.41, 5.74) is 0. The average molecular weight is 247 g/mol. The third-order valence-electron chi connectivity index (χ3n) is 2.19. The molecule has 0 bridgehead atoms. The number of unbranched alkanes of at least 4 members (excludes halogenated alkanes) is 5. The second kappa shape index (κ2) is 10.3. The Hall–Kier alpha value is 0.220. The predicted molar refractivity (Wildman–Crippen MR) is 65.3 cm³/mol. The molecule has 0 radical (unpaired) electrons. The van der Waals surface area contributed by atoms with Crippen LogP contribution in [0.3, 0.4) is 0 Å². The Balaban J connectivity index is 3.27. The van der Waals surface area contributed by atoms with Crippen LogP contribution >= 0.6 is 15.9 Å². The Morgan fingerprint density at radius 3 is 2.31 bits per heavy atom. The van der Waals surface area contributed by atoms with E-state index in [4.69, 9.17) is 0 Å². The molecule has 0 saturated carbocycles. The fourth-order valence-corrected chi connectivity index (χ4v) is 1.79. The highest BCUT2D eigenvalue weighted by Crippen LogP contribution is 2.17. The summed E-state index contributed by atoms with van der Waals surface area (Å²) in [6.45, 7) is 4.50. The molecule has 0 aliphatic rings. The maximum absolute atomic E-state index is 3.62. The lowest BCUT2D eigenvalue weighted by molar-refractivity contribution is 0.671. The van der Waals surface area contributed by atoms with Gasteiger partial charge < -0.3 is 0 Å². The predicted octanol–water partition coefficient (Wildman–Crippen LogP) is 5.43. The van der Waals surface area contributed by atoms with E-state index in [1.807, 2.05) is 0 Å². The van der Waals surface area contributed by atoms with Crippen molar-refractivity contribution in [3.05, 3.63) is 10.6 Å². The van der Waals surface area contributed by atoms with E-state index in [1.165, 1.54) is 55.8 Å². The summed E-state index contributed by atoms with van der Waals surface area (Å²) in [6, 6.07) is 0. The fraction of sp³-hybridized carbons (Fsp3) is 0.833. The Labute approximate surface area is 91.9 Å². The minimum atomic E-state index is 1.24. The zero-order valence-electron chi connectivity index (χ0n) is 9.11. The third-order valence-corrected chi connectivity index (χ3v) is 2.91. The molecule has 13 heavy (non-hydrogen) atoms. The number of hydrogen-bond acceptors (Lipinski definition) is 0. The van der Waals surface area contributed by atoms with Crippen LogP contribution in [0.15, 0.2) is 10.6 Å². The highest BCUT2D eigenvalue weighted by Gasteiger charge is 1.92. The summed E-state index contributed by atoms with van der Waals surface area (Å²) in [5, 5.41) is 0. The van der Waals surface area contributed by atoms with E-state index in [2.05, 4.69) is 35.9 Å². The molecule has 0 fully saturated rings. The molecule has 0 saturated heterocycles. The van der Waals surface area contributed by atoms with Crippen molar-refractivity contribution in [1.82, 2.24) is 0 Å². The van der Waals surface area contributed by atoms with E-state index in [1.54, 1.807) is 0 Å². The quantitative estimate of drug-likeness (QED) is 0.502. The normalized spacial score (nSPS) is 12.1. The molecule has 0 aromatic carbocycles. The second-order valence-electron chi connectivity index (χ2n) is 3.60. The van der Waals surface area contributed by atoms with E-state index in [0.29, 0.717) is 0 Å². The number of halogens is 1. The molecule has 0 N–H and O–H groups in total. The minimum Gasteiger partial charge on any atom is -0.0744 e. The maximum Gasteiger partial charge on any atom is -0.00892 e. The lowest BCUT2D eigenvalue weighted by Crippen LogP contribution is -1.78. The van der Waals surface area contributed by atoms with Crippen LogP contribution in [0.1, 0.15) is 65.2 Å². The monoisotopic (exact) mass is 246 g/mol. The van der Waals surface area contributed by atoms with Crippen molar-refractivity contribution in [2.24, 2.45) is 0 Å². The van der Waals surface area contributed by atoms with Gasteiger partial charge in [0.15, 0.2) is 0 Å². The van der Waals surface area contributed by atoms with Crippen LogP contribution < -0.4 is 0 Å². The van der Waals surface area contributed by atoms with Gasteiger partial charge in [0.2, 0.25) is 0 Å². The minimum absolute atomic E-state index is 1.24. The average Bonchev–Trinajstić information content (AvgIpc) is 2.13. The summed E-state index contributed by atoms with van der Waals surface area (Å²) in [4.78, 5) is 0. The van der Waals surface area contributed by atoms with Crippen LogP contribution in [0.2, 0.25) is 0 Å². The van der Waals surface area contributed by atoms with Gasteiger partial charge in [0.25, 0.3) is 0 Å². The summed E-state index contributed by atoms with van der Waals surface area (Å²) < 4.78 is 1.41. The molecule has 0 heterocycles. The molecular formula is C12H23Br. The molecule has 1 heteroatoms. The van der Waals surface area contributed by atoms with Crippen LogP contribution in [0, 0.1) is 0 Å². The molecule has 0 spiro atoms. The largest absolute Gasteiger partial charge is 0.0744 e. The Morgan fingerprint density at radius 2 is 1.69 bits per heavy atom. The molecule has 0 aliphatic heterocycles. The van der Waals surface area contributed by atoms with Crippen LogP contribution in [0.4, 0.5) is 0 Å². The smallest absolute Gasteiger partial charge is 0.00892 e. The molecule has 0 aromatic rings. The first-order valence-corrected chi connectivity index (χ1v) is 6.45. The molecule has 0 rings (SSSR count). The van der Waals surface area contributed by atoms with Crippen LogP contribution in [-0.4, -0.2) is 0 Å². The first-order chi connectivity index (χ1) is 6.31. The standard InChI is InChI=1S/C12H23Br/c1-3-5-7-9-11-12(13)10-8-6-4-2/h10H,3-9,11H2,1-2H3/b12-10+. The highest BCUT2D eigenvalue weighted by molar-refractivity contribution is 9.11. The molecule has 0 nitrogen and oxygen atoms in total. The number of rotatable bonds is 8. The lowest BCUT2D eigenvalue weighted by Gasteiger charge is -1.99. The number of allylic oxidation sites excluding steroid dienone is 2. The van der Waals surface area contributed by atoms with Gasteiger partial charge in [-0.2, -0.15) is 0 Å². The molecule has 0 aromatic heterocycles. The van der Waals surface area contributed by atoms with Crippen molar-refractivity contribution in [2.75, 3.05) is 0 Å². The summed E-state index contributed by atoms with van der Waals surface area (Å²) in [6.07, 6.45) is 12.9. The molecule has 0 amide bonds. The molecule has 0 unspecified atom stereocenters. The van der Waals surface area contributed by atoms with Crippen molar-refractivity contribution in [2.45, 2.75) is 65.2 Å². The Bertz CT molecular complexity index is 127. The Kier molecular flexibility index (Phi) is 10.5. The van der Waals surface area contributed by atoms with Gasteiger partial charge in [0.05, 0.1) is 0 Å². The lowest BCUT2D eigenvalue weighted by atomic mass is 10.1. The molecule has 0 aliphatic carbocycles. The van der Waals surface area contributed by atoms with E-state index >= 15 is 0 Å². The summed E-state index contributed by atoms with van der Waals surface area (Å²) in [5.74, 6) is 0. The first kappa shape index (κ1) is 13.2. The summed E-state index contributed by atoms with van der Waals surface area (Å²) >= 11 is 3.62. The van der Waals surface area contributed by atoms with Gasteiger partial charge in [-0.25, -0.2) is 0 Å². The van der Waals surface area contributed by atoms with Gasteiger partial charge in [-0.05, 0) is 23.7 Å². The van der Waals surface area contributed by atoms with Crippen molar-refractivity contribution >= 4 is 15.9 Å². The van der Waals surface area contributed by atoms with Crippen LogP contribution in [0.5, 0.6) is 0 Å². The van der Waals surface area contributed by atoms with Gasteiger partial charge in [-0.15, -0.1) is 0 Å². The molecule has 0 atom stereocenters. The van der Waals surface area contributed by atoms with Crippen molar-refractivity contribution in [3.8, 4) is 0 Å². The van der Waals surface area contributed by atoms with E-state index < -0.39 is 0 Å². The Morgan fingerprint density at radius 1 is 1.00 bits per heavy atom. The van der Waals surface area contributed by atoms with Gasteiger partial charge in [-0.1, -0.05) is 68.0 Å². The molecular weight excluding hydrogens is 224 g/mol. The van der Waals surface area contributed by atoms with Gasteiger partial charge >= 0.3 is 0 Å². The van der Waals surface area contributed by atoms with E-state index in [0.717, 1.165) is 0 Å². The van der Waals surface area contributed by atoms with Crippen molar-refractivity contribution < 1.29 is 0 Å². The molecule has 78 valence electrons. The van der Waals surface area contributed by atoms with Gasteiger partial charge in [-0.3, -0.25) is 0 Å². The fourth-order valence-electron chi connectivity index (χ4n) is 1.29. The zero-order chi connectivity index (χ0) is 9.94. The topological polar surface area (TPSA) is 0 Å². The summed E-state index contributed by atoms with van der Waals surface area (Å²) in [7, 11) is 0. The van der Waals surface area contributed by atoms with Crippen molar-refractivity contribution in [3.63, 3.8) is 0 Å². The van der Waals surface area contributed by atoms with Crippen molar-refractivity contribution in [1.29, 1.82) is 0 Å². The van der Waals surface area contributed by atoms with Gasteiger partial charge in [0, 0.05) is 0 Å². The first-order valence-electron chi connectivity index (χ1n) is 5.65. The second-order valence-corrected chi connectivity index (χ2v) is 4.62. The van der Waals surface area contributed by atoms with Crippen LogP contribution in [0.25, 0.3) is 0 Å². The van der Waals surface area contributed by atoms with Crippen LogP contribution in [-0.2, 0) is 0 Å². The highest BCUT2D eigenvalue weighted by atomic mass is 79.9. The van der Waals surface area contributed by atoms with E-state index in [-0.39, 0.29) is 0 Å². The number of hydrogen-bond donors (Lipinski definition) is 0. The maximum atomic E-state index is 3.62. The third kappa shape index (κ3) is 10.1. The van der Waals surface area contributed by atoms with Gasteiger partial charge in [0.1, 0.15) is 0 Å². The SMILES string of the molecule is CCCC/C=C(/Br)CCCCCC. The zero-order valence-corrected chi connectivity index (χ0v) is 10.7.